The summed E-state index contributed by atoms with van der Waals surface area (Å²) in [5.41, 5.74) is 1.79. The zero-order chi connectivity index (χ0) is 20.1. The van der Waals surface area contributed by atoms with Gasteiger partial charge in [-0.2, -0.15) is 5.10 Å². The van der Waals surface area contributed by atoms with Gasteiger partial charge in [0.1, 0.15) is 12.7 Å². The molecule has 2 fully saturated rings. The fraction of sp³-hybridized carbons (Fsp3) is 0.545. The first-order valence-corrected chi connectivity index (χ1v) is 10.7. The molecule has 1 aliphatic heterocycles. The van der Waals surface area contributed by atoms with Crippen molar-refractivity contribution in [2.75, 3.05) is 13.1 Å². The predicted molar refractivity (Wildman–Crippen MR) is 109 cm³/mol. The van der Waals surface area contributed by atoms with Crippen LogP contribution in [0.25, 0.3) is 0 Å². The van der Waals surface area contributed by atoms with Gasteiger partial charge in [0, 0.05) is 30.6 Å². The molecule has 1 aromatic carbocycles. The molecular weight excluding hydrogens is 366 g/mol. The number of hydrogen-bond donors (Lipinski definition) is 1. The second-order valence-corrected chi connectivity index (χ2v) is 8.20. The van der Waals surface area contributed by atoms with Gasteiger partial charge in [-0.25, -0.2) is 9.67 Å². The van der Waals surface area contributed by atoms with Crippen molar-refractivity contribution in [3.63, 3.8) is 0 Å². The molecule has 1 aliphatic carbocycles. The first-order chi connectivity index (χ1) is 14.2. The smallest absolute Gasteiger partial charge is 0.253 e. The van der Waals surface area contributed by atoms with Crippen LogP contribution in [0.1, 0.15) is 60.9 Å². The van der Waals surface area contributed by atoms with Gasteiger partial charge >= 0.3 is 0 Å². The molecule has 7 nitrogen and oxygen atoms in total. The van der Waals surface area contributed by atoms with Crippen LogP contribution in [-0.4, -0.2) is 50.6 Å². The number of piperidine rings is 1. The first kappa shape index (κ1) is 19.6. The lowest BCUT2D eigenvalue weighted by Gasteiger charge is -2.33. The summed E-state index contributed by atoms with van der Waals surface area (Å²) in [7, 11) is 0. The summed E-state index contributed by atoms with van der Waals surface area (Å²) in [6.45, 7) is 2.02. The van der Waals surface area contributed by atoms with E-state index in [2.05, 4.69) is 15.4 Å². The highest BCUT2D eigenvalue weighted by atomic mass is 16.2. The van der Waals surface area contributed by atoms with Crippen molar-refractivity contribution in [1.82, 2.24) is 25.0 Å². The second kappa shape index (κ2) is 9.20. The molecule has 2 aliphatic rings. The van der Waals surface area contributed by atoms with E-state index in [9.17, 15) is 9.59 Å². The van der Waals surface area contributed by atoms with Gasteiger partial charge < -0.3 is 10.2 Å². The van der Waals surface area contributed by atoms with Gasteiger partial charge in [0.05, 0.1) is 6.54 Å². The molecule has 0 atom stereocenters. The van der Waals surface area contributed by atoms with Crippen LogP contribution in [0.3, 0.4) is 0 Å². The van der Waals surface area contributed by atoms with Gasteiger partial charge in [0.2, 0.25) is 5.91 Å². The van der Waals surface area contributed by atoms with E-state index in [1.165, 1.54) is 25.6 Å². The maximum atomic E-state index is 12.8. The molecule has 0 unspecified atom stereocenters. The first-order valence-electron chi connectivity index (χ1n) is 10.7. The van der Waals surface area contributed by atoms with Crippen LogP contribution in [-0.2, 0) is 11.3 Å². The quantitative estimate of drug-likeness (QED) is 0.844. The molecule has 0 bridgehead atoms. The Bertz CT molecular complexity index is 804. The number of amides is 2. The third-order valence-electron chi connectivity index (χ3n) is 6.12. The lowest BCUT2D eigenvalue weighted by atomic mass is 9.88. The fourth-order valence-corrected chi connectivity index (χ4v) is 4.35. The van der Waals surface area contributed by atoms with Crippen LogP contribution in [0.2, 0.25) is 0 Å². The molecule has 1 saturated heterocycles. The van der Waals surface area contributed by atoms with Gasteiger partial charge in [-0.05, 0) is 43.4 Å². The molecule has 2 heterocycles. The summed E-state index contributed by atoms with van der Waals surface area (Å²) >= 11 is 0. The summed E-state index contributed by atoms with van der Waals surface area (Å²) in [5, 5.41) is 7.33. The zero-order valence-electron chi connectivity index (χ0n) is 16.8. The average molecular weight is 396 g/mol. The Labute approximate surface area is 171 Å². The van der Waals surface area contributed by atoms with Gasteiger partial charge in [-0.1, -0.05) is 31.4 Å². The average Bonchev–Trinajstić information content (AvgIpc) is 3.28. The second-order valence-electron chi connectivity index (χ2n) is 8.20. The topological polar surface area (TPSA) is 80.1 Å². The van der Waals surface area contributed by atoms with Crippen LogP contribution in [0.4, 0.5) is 0 Å². The van der Waals surface area contributed by atoms with Crippen LogP contribution in [0.5, 0.6) is 0 Å². The van der Waals surface area contributed by atoms with Crippen molar-refractivity contribution in [2.24, 2.45) is 5.92 Å². The maximum absolute atomic E-state index is 12.8. The van der Waals surface area contributed by atoms with Crippen molar-refractivity contribution < 1.29 is 9.59 Å². The lowest BCUT2D eigenvalue weighted by molar-refractivity contribution is -0.126. The third kappa shape index (κ3) is 5.02. The Morgan fingerprint density at radius 3 is 2.38 bits per heavy atom. The Balaban J connectivity index is 1.25. The zero-order valence-corrected chi connectivity index (χ0v) is 16.8. The molecule has 2 aromatic rings. The molecule has 29 heavy (non-hydrogen) atoms. The Kier molecular flexibility index (Phi) is 6.22. The predicted octanol–water partition coefficient (Wildman–Crippen LogP) is 2.63. The Morgan fingerprint density at radius 1 is 1.00 bits per heavy atom. The van der Waals surface area contributed by atoms with Crippen LogP contribution >= 0.6 is 0 Å². The summed E-state index contributed by atoms with van der Waals surface area (Å²) in [4.78, 5) is 31.1. The normalized spacial score (nSPS) is 18.6. The van der Waals surface area contributed by atoms with E-state index in [1.54, 1.807) is 11.0 Å². The largest absolute Gasteiger partial charge is 0.353 e. The number of benzene rings is 1. The molecular formula is C22H29N5O2. The lowest BCUT2D eigenvalue weighted by Crippen LogP contribution is -2.48. The Hall–Kier alpha value is -2.70. The summed E-state index contributed by atoms with van der Waals surface area (Å²) in [6, 6.07) is 7.88. The van der Waals surface area contributed by atoms with E-state index < -0.39 is 0 Å². The summed E-state index contributed by atoms with van der Waals surface area (Å²) in [5.74, 6) is 0.478. The van der Waals surface area contributed by atoms with E-state index in [0.29, 0.717) is 25.2 Å². The van der Waals surface area contributed by atoms with Crippen molar-refractivity contribution >= 4 is 11.8 Å². The highest BCUT2D eigenvalue weighted by Crippen LogP contribution is 2.24. The molecule has 0 radical (unpaired) electrons. The number of nitrogens with zero attached hydrogens (tertiary/aromatic N) is 4. The molecule has 0 spiro atoms. The maximum Gasteiger partial charge on any atom is 0.253 e. The SMILES string of the molecule is O=C(NC1CCN(C(=O)c2ccc(Cn3cncn3)cc2)CC1)C1CCCCC1. The van der Waals surface area contributed by atoms with Gasteiger partial charge in [0.25, 0.3) is 5.91 Å². The van der Waals surface area contributed by atoms with Crippen LogP contribution in [0, 0.1) is 5.92 Å². The molecule has 2 amide bonds. The van der Waals surface area contributed by atoms with Gasteiger partial charge in [0.15, 0.2) is 0 Å². The number of aromatic nitrogens is 3. The van der Waals surface area contributed by atoms with Crippen molar-refractivity contribution in [2.45, 2.75) is 57.5 Å². The molecule has 7 heteroatoms. The minimum Gasteiger partial charge on any atom is -0.353 e. The highest BCUT2D eigenvalue weighted by molar-refractivity contribution is 5.94. The van der Waals surface area contributed by atoms with Crippen LogP contribution in [0.15, 0.2) is 36.9 Å². The fourth-order valence-electron chi connectivity index (χ4n) is 4.35. The van der Waals surface area contributed by atoms with Crippen molar-refractivity contribution in [3.8, 4) is 0 Å². The van der Waals surface area contributed by atoms with E-state index in [-0.39, 0.29) is 23.8 Å². The molecule has 154 valence electrons. The third-order valence-corrected chi connectivity index (χ3v) is 6.12. The van der Waals surface area contributed by atoms with E-state index in [0.717, 1.165) is 31.2 Å². The number of carbonyl (C=O) groups excluding carboxylic acids is 2. The van der Waals surface area contributed by atoms with E-state index in [4.69, 9.17) is 0 Å². The molecule has 4 rings (SSSR count). The van der Waals surface area contributed by atoms with Gasteiger partial charge in [-0.15, -0.1) is 0 Å². The van der Waals surface area contributed by atoms with E-state index in [1.807, 2.05) is 29.2 Å². The molecule has 1 aromatic heterocycles. The number of carbonyl (C=O) groups is 2. The monoisotopic (exact) mass is 395 g/mol. The standard InChI is InChI=1S/C22H29N5O2/c28-21(18-4-2-1-3-5-18)25-20-10-12-26(13-11-20)22(29)19-8-6-17(7-9-19)14-27-16-23-15-24-27/h6-9,15-16,18,20H,1-5,10-14H2,(H,25,28). The van der Waals surface area contributed by atoms with Gasteiger partial charge in [-0.3, -0.25) is 9.59 Å². The minimum absolute atomic E-state index is 0.0642. The van der Waals surface area contributed by atoms with Crippen molar-refractivity contribution in [1.29, 1.82) is 0 Å². The van der Waals surface area contributed by atoms with E-state index >= 15 is 0 Å². The molecule has 1 N–H and O–H groups in total. The molecule has 1 saturated carbocycles. The number of nitrogens with one attached hydrogen (secondary N) is 1. The number of likely N-dealkylation sites (tertiary alicyclic amines) is 1. The number of hydrogen-bond acceptors (Lipinski definition) is 4. The minimum atomic E-state index is 0.0642. The Morgan fingerprint density at radius 2 is 1.72 bits per heavy atom. The highest BCUT2D eigenvalue weighted by Gasteiger charge is 2.27. The van der Waals surface area contributed by atoms with Crippen molar-refractivity contribution in [3.05, 3.63) is 48.0 Å². The summed E-state index contributed by atoms with van der Waals surface area (Å²) in [6.07, 6.45) is 10.5. The number of rotatable bonds is 5. The summed E-state index contributed by atoms with van der Waals surface area (Å²) < 4.78 is 1.75. The van der Waals surface area contributed by atoms with Crippen LogP contribution < -0.4 is 5.32 Å².